The SMILES string of the molecule is Cc1cc(NS(=O)(=O)c2ccc(C(C)(C)C)c(F)c2)n(-c2ccc(Br)c3ncccc23)n1.Cc1cc(NS(=O)(=O)c2ccc(C(C)(C)C)c(F)c2)n(-c2ccc(C#N)c3ncccc23)n1.Cc1cc(NS(=O)(=O)c2ccc(C(C)(C)C)cc2)n(-c2ccc(N)c3ncccc23)n1.Cc1cc(NS(=O)(=O)c2ccc(OC(C)C)c(F)c2)n(-c2cccc3ncccc23)n1. The molecular weight excluding hydrogens is 1770 g/mol. The normalized spacial score (nSPS) is 12.1. The molecule has 0 saturated heterocycles. The van der Waals surface area contributed by atoms with E-state index in [9.17, 15) is 52.1 Å². The Morgan fingerprint density at radius 2 is 0.764 bits per heavy atom. The van der Waals surface area contributed by atoms with E-state index in [1.165, 1.54) is 50.4 Å². The number of nitrogen functional groups attached to an aromatic ring is 1. The van der Waals surface area contributed by atoms with Crippen LogP contribution in [0.3, 0.4) is 0 Å². The fourth-order valence-corrected chi connectivity index (χ4v) is 18.5. The molecule has 654 valence electrons. The standard InChI is InChI=1S/C24H22FN5O2S.C23H22BrFN4O2S.C23H25N5O2S.C22H21FN4O3S/c1-15-12-22(29-33(31,32)17-8-9-19(20(25)13-17)24(2,3)4)30(28-15)21-10-7-16(14-26)23-18(21)6-5-11-27-23;1-14-12-21(28-32(30,31)15-7-8-17(19(25)13-15)23(2,3)4)29(27-14)20-10-9-18(24)22-16(20)6-5-11-26-22;1-15-14-21(27-31(29,30)17-9-7-16(8-10-17)23(2,3)4)28(26-15)20-12-11-19(24)22-18(20)6-5-13-25-22;1-14(2)30-21-10-9-16(13-18(21)23)31(28,29)26-22-12-15(3)25-27(22)20-8-4-7-19-17(20)6-5-11-24-19/h5-13,29H,1-4H3;5-13,28H,1-4H3;5-14,27H,24H2,1-4H3;4-14,26H,1-3H3. The quantitative estimate of drug-likeness (QED) is 0.0498. The van der Waals surface area contributed by atoms with Crippen LogP contribution < -0.4 is 29.4 Å². The van der Waals surface area contributed by atoms with Gasteiger partial charge in [0.25, 0.3) is 40.1 Å². The van der Waals surface area contributed by atoms with Crippen molar-refractivity contribution in [1.29, 1.82) is 5.26 Å². The zero-order chi connectivity index (χ0) is 91.8. The molecule has 8 aromatic carbocycles. The maximum Gasteiger partial charge on any atom is 0.263 e. The van der Waals surface area contributed by atoms with Crippen LogP contribution in [0, 0.1) is 56.5 Å². The predicted octanol–water partition coefficient (Wildman–Crippen LogP) is 19.4. The summed E-state index contributed by atoms with van der Waals surface area (Å²) in [6.45, 7) is 28.0. The average molecular weight is 1860 g/mol. The van der Waals surface area contributed by atoms with E-state index < -0.39 is 68.4 Å². The number of fused-ring (bicyclic) bond motifs is 4. The van der Waals surface area contributed by atoms with Crippen LogP contribution in [0.1, 0.15) is 121 Å². The van der Waals surface area contributed by atoms with Gasteiger partial charge in [0.2, 0.25) is 0 Å². The van der Waals surface area contributed by atoms with Crippen molar-refractivity contribution in [2.75, 3.05) is 24.6 Å². The molecule has 16 aromatic rings. The molecule has 0 radical (unpaired) electrons. The van der Waals surface area contributed by atoms with Crippen molar-refractivity contribution in [3.8, 4) is 34.6 Å². The number of nitrogens with one attached hydrogen (secondary N) is 4. The lowest BCUT2D eigenvalue weighted by atomic mass is 9.87. The first kappa shape index (κ1) is 91.3. The average Bonchev–Trinajstić information content (AvgIpc) is 1.70. The fourth-order valence-electron chi connectivity index (χ4n) is 13.9. The van der Waals surface area contributed by atoms with Gasteiger partial charge in [0.15, 0.2) is 11.6 Å². The van der Waals surface area contributed by atoms with E-state index in [1.54, 1.807) is 143 Å². The smallest absolute Gasteiger partial charge is 0.263 e. The maximum atomic E-state index is 14.7. The van der Waals surface area contributed by atoms with Crippen LogP contribution >= 0.6 is 15.9 Å². The van der Waals surface area contributed by atoms with Gasteiger partial charge in [-0.05, 0) is 242 Å². The van der Waals surface area contributed by atoms with Crippen LogP contribution in [-0.2, 0) is 56.3 Å². The number of aryl methyl sites for hydroxylation is 4. The monoisotopic (exact) mass is 1850 g/mol. The van der Waals surface area contributed by atoms with Gasteiger partial charge in [-0.1, -0.05) is 92.6 Å². The van der Waals surface area contributed by atoms with Crippen molar-refractivity contribution in [2.24, 2.45) is 0 Å². The lowest BCUT2D eigenvalue weighted by molar-refractivity contribution is 0.231. The van der Waals surface area contributed by atoms with Gasteiger partial charge in [0, 0.05) is 75.1 Å². The third-order valence-electron chi connectivity index (χ3n) is 19.9. The maximum absolute atomic E-state index is 14.7. The van der Waals surface area contributed by atoms with Gasteiger partial charge in [0.05, 0.1) is 105 Å². The van der Waals surface area contributed by atoms with Gasteiger partial charge in [-0.15, -0.1) is 0 Å². The molecule has 0 fully saturated rings. The number of aromatic nitrogens is 12. The molecular formula is C92H90BrF3N18O9S4. The largest absolute Gasteiger partial charge is 0.488 e. The number of pyridine rings is 4. The molecule has 0 aliphatic heterocycles. The molecule has 6 N–H and O–H groups in total. The summed E-state index contributed by atoms with van der Waals surface area (Å²) in [5.41, 5.74) is 15.7. The van der Waals surface area contributed by atoms with Gasteiger partial charge >= 0.3 is 0 Å². The molecule has 0 bridgehead atoms. The van der Waals surface area contributed by atoms with Gasteiger partial charge < -0.3 is 10.5 Å². The van der Waals surface area contributed by atoms with Crippen LogP contribution in [0.25, 0.3) is 66.4 Å². The zero-order valence-electron chi connectivity index (χ0n) is 71.7. The van der Waals surface area contributed by atoms with Gasteiger partial charge in [-0.3, -0.25) is 38.8 Å². The summed E-state index contributed by atoms with van der Waals surface area (Å²) in [5.74, 6) is -0.893. The number of nitrogens with zero attached hydrogens (tertiary/aromatic N) is 13. The Hall–Kier alpha value is -13.4. The molecule has 16 rings (SSSR count). The summed E-state index contributed by atoms with van der Waals surface area (Å²) in [5, 5.41) is 30.3. The number of benzene rings is 8. The number of hydrogen-bond donors (Lipinski definition) is 5. The van der Waals surface area contributed by atoms with Crippen LogP contribution in [0.15, 0.2) is 255 Å². The minimum Gasteiger partial charge on any atom is -0.488 e. The molecule has 127 heavy (non-hydrogen) atoms. The van der Waals surface area contributed by atoms with E-state index in [4.69, 9.17) is 10.5 Å². The lowest BCUT2D eigenvalue weighted by Crippen LogP contribution is -2.18. The van der Waals surface area contributed by atoms with Crippen molar-refractivity contribution < 1.29 is 51.6 Å². The van der Waals surface area contributed by atoms with Crippen molar-refractivity contribution in [3.63, 3.8) is 0 Å². The number of nitrogens with two attached hydrogens (primary N) is 1. The van der Waals surface area contributed by atoms with E-state index in [0.29, 0.717) is 90.1 Å². The summed E-state index contributed by atoms with van der Waals surface area (Å²) in [4.78, 5) is 17.0. The van der Waals surface area contributed by atoms with Gasteiger partial charge in [0.1, 0.15) is 41.0 Å². The first-order valence-corrected chi connectivity index (χ1v) is 46.4. The van der Waals surface area contributed by atoms with E-state index in [2.05, 4.69) is 102 Å². The minimum atomic E-state index is -4.10. The Morgan fingerprint density at radius 3 is 1.18 bits per heavy atom. The first-order chi connectivity index (χ1) is 59.8. The number of nitriles is 1. The Balaban J connectivity index is 0.000000145. The molecule has 0 aliphatic rings. The highest BCUT2D eigenvalue weighted by Gasteiger charge is 2.30. The highest BCUT2D eigenvalue weighted by atomic mass is 79.9. The summed E-state index contributed by atoms with van der Waals surface area (Å²) < 4.78 is 171. The summed E-state index contributed by atoms with van der Waals surface area (Å²) in [6, 6.07) is 57.6. The van der Waals surface area contributed by atoms with E-state index in [0.717, 1.165) is 55.4 Å². The molecule has 35 heteroatoms. The molecule has 0 aliphatic carbocycles. The second-order valence-electron chi connectivity index (χ2n) is 33.1. The van der Waals surface area contributed by atoms with E-state index in [1.807, 2.05) is 121 Å². The minimum absolute atomic E-state index is 0.00177. The predicted molar refractivity (Wildman–Crippen MR) is 492 cm³/mol. The number of hydrogen-bond acceptors (Lipinski definition) is 19. The molecule has 8 heterocycles. The van der Waals surface area contributed by atoms with Crippen LogP contribution in [0.2, 0.25) is 0 Å². The highest BCUT2D eigenvalue weighted by Crippen LogP contribution is 2.37. The third-order valence-corrected chi connectivity index (χ3v) is 26.0. The second-order valence-corrected chi connectivity index (χ2v) is 40.7. The third kappa shape index (κ3) is 20.3. The van der Waals surface area contributed by atoms with Gasteiger partial charge in [-0.25, -0.2) is 65.6 Å². The molecule has 0 unspecified atom stereocenters. The molecule has 0 amide bonds. The Labute approximate surface area is 742 Å². The Kier molecular flexibility index (Phi) is 25.8. The van der Waals surface area contributed by atoms with E-state index in [-0.39, 0.29) is 54.3 Å². The van der Waals surface area contributed by atoms with Crippen molar-refractivity contribution >= 4 is 129 Å². The van der Waals surface area contributed by atoms with Crippen molar-refractivity contribution in [1.82, 2.24) is 59.1 Å². The van der Waals surface area contributed by atoms with Crippen LogP contribution in [0.5, 0.6) is 5.75 Å². The zero-order valence-corrected chi connectivity index (χ0v) is 76.6. The lowest BCUT2D eigenvalue weighted by Gasteiger charge is -2.20. The Morgan fingerprint density at radius 1 is 0.402 bits per heavy atom. The van der Waals surface area contributed by atoms with Crippen LogP contribution in [-0.4, -0.2) is 98.8 Å². The first-order valence-electron chi connectivity index (χ1n) is 39.6. The number of anilines is 5. The summed E-state index contributed by atoms with van der Waals surface area (Å²) in [6.07, 6.45) is 6.39. The summed E-state index contributed by atoms with van der Waals surface area (Å²) >= 11 is 3.49. The number of ether oxygens (including phenoxy) is 1. The van der Waals surface area contributed by atoms with Crippen molar-refractivity contribution in [2.45, 2.75) is 146 Å². The van der Waals surface area contributed by atoms with Crippen molar-refractivity contribution in [3.05, 3.63) is 298 Å². The second kappa shape index (κ2) is 35.9. The topological polar surface area (TPSA) is 367 Å². The molecule has 0 spiro atoms. The van der Waals surface area contributed by atoms with E-state index >= 15 is 0 Å². The fraction of sp³-hybridized carbons (Fsp3) is 0.207. The molecule has 27 nitrogen and oxygen atoms in total. The van der Waals surface area contributed by atoms with Crippen LogP contribution in [0.4, 0.5) is 42.1 Å². The number of rotatable bonds is 18. The summed E-state index contributed by atoms with van der Waals surface area (Å²) in [7, 11) is -16.0. The number of halogens is 4. The molecule has 0 saturated carbocycles. The molecule has 0 atom stereocenters. The molecule has 8 aromatic heterocycles. The van der Waals surface area contributed by atoms with Gasteiger partial charge in [-0.2, -0.15) is 25.7 Å². The Bertz CT molecular complexity index is 7460. The highest BCUT2D eigenvalue weighted by molar-refractivity contribution is 9.10. The number of sulfonamides is 4.